The fraction of sp³-hybridized carbons (Fsp3) is 0.200. The van der Waals surface area contributed by atoms with Gasteiger partial charge >= 0.3 is 0 Å². The molecule has 112 valence electrons. The van der Waals surface area contributed by atoms with E-state index in [1.54, 1.807) is 0 Å². The van der Waals surface area contributed by atoms with E-state index in [0.717, 1.165) is 5.56 Å². The summed E-state index contributed by atoms with van der Waals surface area (Å²) in [4.78, 5) is 0.126. The molecule has 0 radical (unpaired) electrons. The lowest BCUT2D eigenvalue weighted by molar-refractivity contribution is 0.414. The molecule has 2 aromatic carbocycles. The summed E-state index contributed by atoms with van der Waals surface area (Å²) >= 11 is 5.95. The lowest BCUT2D eigenvalue weighted by atomic mass is 10.2. The fourth-order valence-electron chi connectivity index (χ4n) is 1.87. The van der Waals surface area contributed by atoms with E-state index in [2.05, 4.69) is 4.72 Å². The molecule has 0 bridgehead atoms. The predicted molar refractivity (Wildman–Crippen MR) is 83.3 cm³/mol. The fourth-order valence-corrected chi connectivity index (χ4v) is 3.25. The molecule has 4 nitrogen and oxygen atoms in total. The van der Waals surface area contributed by atoms with Crippen LogP contribution in [0, 0.1) is 0 Å². The number of methoxy groups -OCH3 is 1. The second kappa shape index (κ2) is 6.93. The van der Waals surface area contributed by atoms with Gasteiger partial charge < -0.3 is 4.74 Å². The molecule has 0 saturated carbocycles. The molecule has 21 heavy (non-hydrogen) atoms. The average Bonchev–Trinajstić information content (AvgIpc) is 2.48. The Kier molecular flexibility index (Phi) is 5.22. The van der Waals surface area contributed by atoms with Crippen molar-refractivity contribution in [2.45, 2.75) is 11.3 Å². The highest BCUT2D eigenvalue weighted by Crippen LogP contribution is 2.26. The van der Waals surface area contributed by atoms with Gasteiger partial charge in [-0.05, 0) is 30.2 Å². The number of rotatable bonds is 6. The van der Waals surface area contributed by atoms with Crippen LogP contribution in [0.5, 0.6) is 5.75 Å². The highest BCUT2D eigenvalue weighted by molar-refractivity contribution is 7.89. The van der Waals surface area contributed by atoms with Gasteiger partial charge in [0.25, 0.3) is 0 Å². The Morgan fingerprint density at radius 1 is 1.14 bits per heavy atom. The summed E-state index contributed by atoms with van der Waals surface area (Å²) in [5, 5.41) is 0.267. The molecule has 0 heterocycles. The van der Waals surface area contributed by atoms with Crippen LogP contribution in [0.2, 0.25) is 5.02 Å². The van der Waals surface area contributed by atoms with Gasteiger partial charge in [0.2, 0.25) is 10.0 Å². The summed E-state index contributed by atoms with van der Waals surface area (Å²) in [5.74, 6) is 0.444. The summed E-state index contributed by atoms with van der Waals surface area (Å²) in [6.45, 7) is 0.329. The van der Waals surface area contributed by atoms with E-state index in [1.807, 2.05) is 30.3 Å². The third-order valence-electron chi connectivity index (χ3n) is 2.98. The quantitative estimate of drug-likeness (QED) is 0.888. The zero-order chi connectivity index (χ0) is 15.3. The highest BCUT2D eigenvalue weighted by Gasteiger charge is 2.15. The minimum absolute atomic E-state index is 0.126. The molecule has 0 amide bonds. The van der Waals surface area contributed by atoms with E-state index in [9.17, 15) is 8.42 Å². The van der Waals surface area contributed by atoms with E-state index >= 15 is 0 Å². The average molecular weight is 326 g/mol. The Morgan fingerprint density at radius 2 is 1.86 bits per heavy atom. The summed E-state index contributed by atoms with van der Waals surface area (Å²) in [6.07, 6.45) is 0.629. The highest BCUT2D eigenvalue weighted by atomic mass is 35.5. The molecule has 0 saturated heterocycles. The van der Waals surface area contributed by atoms with E-state index in [0.29, 0.717) is 18.7 Å². The van der Waals surface area contributed by atoms with Gasteiger partial charge in [0.1, 0.15) is 5.75 Å². The van der Waals surface area contributed by atoms with Crippen LogP contribution < -0.4 is 9.46 Å². The zero-order valence-electron chi connectivity index (χ0n) is 11.5. The molecule has 0 spiro atoms. The maximum Gasteiger partial charge on any atom is 0.240 e. The third kappa shape index (κ3) is 4.20. The first-order valence-corrected chi connectivity index (χ1v) is 8.26. The number of halogens is 1. The van der Waals surface area contributed by atoms with Crippen molar-refractivity contribution in [2.24, 2.45) is 0 Å². The van der Waals surface area contributed by atoms with Crippen molar-refractivity contribution < 1.29 is 13.2 Å². The Hall–Kier alpha value is -1.56. The van der Waals surface area contributed by atoms with Crippen molar-refractivity contribution in [2.75, 3.05) is 13.7 Å². The molecule has 2 aromatic rings. The first-order valence-electron chi connectivity index (χ1n) is 6.40. The largest absolute Gasteiger partial charge is 0.495 e. The summed E-state index contributed by atoms with van der Waals surface area (Å²) in [5.41, 5.74) is 1.08. The van der Waals surface area contributed by atoms with Crippen LogP contribution in [0.3, 0.4) is 0 Å². The maximum absolute atomic E-state index is 12.2. The monoisotopic (exact) mass is 325 g/mol. The van der Waals surface area contributed by atoms with E-state index in [1.165, 1.54) is 25.3 Å². The molecule has 2 rings (SSSR count). The van der Waals surface area contributed by atoms with Crippen LogP contribution in [0.15, 0.2) is 53.4 Å². The van der Waals surface area contributed by atoms with Crippen LogP contribution in [-0.2, 0) is 16.4 Å². The SMILES string of the molecule is COc1ccc(S(=O)(=O)NCCc2ccccc2)cc1Cl. The molecule has 0 atom stereocenters. The lowest BCUT2D eigenvalue weighted by Gasteiger charge is -2.09. The third-order valence-corrected chi connectivity index (χ3v) is 4.74. The molecule has 0 aliphatic rings. The minimum atomic E-state index is -3.57. The van der Waals surface area contributed by atoms with Crippen molar-refractivity contribution in [3.63, 3.8) is 0 Å². The summed E-state index contributed by atoms with van der Waals surface area (Å²) in [7, 11) is -2.09. The first kappa shape index (κ1) is 15.8. The second-order valence-corrected chi connectivity index (χ2v) is 6.60. The van der Waals surface area contributed by atoms with Crippen LogP contribution in [0.25, 0.3) is 0 Å². The molecular weight excluding hydrogens is 310 g/mol. The minimum Gasteiger partial charge on any atom is -0.495 e. The molecule has 0 aromatic heterocycles. The van der Waals surface area contributed by atoms with Crippen LogP contribution in [0.4, 0.5) is 0 Å². The van der Waals surface area contributed by atoms with Crippen LogP contribution in [0.1, 0.15) is 5.56 Å². The normalized spacial score (nSPS) is 11.3. The molecule has 1 N–H and O–H groups in total. The van der Waals surface area contributed by atoms with E-state index in [-0.39, 0.29) is 9.92 Å². The van der Waals surface area contributed by atoms with Crippen molar-refractivity contribution in [1.29, 1.82) is 0 Å². The number of sulfonamides is 1. The summed E-state index contributed by atoms with van der Waals surface area (Å²) < 4.78 is 31.9. The van der Waals surface area contributed by atoms with Gasteiger partial charge in [-0.15, -0.1) is 0 Å². The zero-order valence-corrected chi connectivity index (χ0v) is 13.1. The van der Waals surface area contributed by atoms with Gasteiger partial charge in [0, 0.05) is 6.54 Å². The molecule has 0 aliphatic carbocycles. The second-order valence-electron chi connectivity index (χ2n) is 4.43. The van der Waals surface area contributed by atoms with Crippen LogP contribution >= 0.6 is 11.6 Å². The Balaban J connectivity index is 2.03. The molecular formula is C15H16ClNO3S. The number of hydrogen-bond donors (Lipinski definition) is 1. The van der Waals surface area contributed by atoms with E-state index < -0.39 is 10.0 Å². The maximum atomic E-state index is 12.2. The van der Waals surface area contributed by atoms with Crippen molar-refractivity contribution in [3.8, 4) is 5.75 Å². The molecule has 0 unspecified atom stereocenters. The molecule has 0 fully saturated rings. The van der Waals surface area contributed by atoms with Gasteiger partial charge in [-0.1, -0.05) is 41.9 Å². The van der Waals surface area contributed by atoms with Crippen molar-refractivity contribution in [1.82, 2.24) is 4.72 Å². The standard InChI is InChI=1S/C15H16ClNO3S/c1-20-15-8-7-13(11-14(15)16)21(18,19)17-10-9-12-5-3-2-4-6-12/h2-8,11,17H,9-10H2,1H3. The van der Waals surface area contributed by atoms with Gasteiger partial charge in [0.15, 0.2) is 0 Å². The Bertz CT molecular complexity index is 702. The topological polar surface area (TPSA) is 55.4 Å². The molecule has 6 heteroatoms. The predicted octanol–water partition coefficient (Wildman–Crippen LogP) is 2.87. The number of benzene rings is 2. The van der Waals surface area contributed by atoms with E-state index in [4.69, 9.17) is 16.3 Å². The lowest BCUT2D eigenvalue weighted by Crippen LogP contribution is -2.26. The van der Waals surface area contributed by atoms with Crippen LogP contribution in [-0.4, -0.2) is 22.1 Å². The van der Waals surface area contributed by atoms with Gasteiger partial charge in [-0.25, -0.2) is 13.1 Å². The number of ether oxygens (including phenoxy) is 1. The molecule has 0 aliphatic heterocycles. The van der Waals surface area contributed by atoms with Crippen molar-refractivity contribution in [3.05, 3.63) is 59.1 Å². The van der Waals surface area contributed by atoms with Gasteiger partial charge in [-0.2, -0.15) is 0 Å². The smallest absolute Gasteiger partial charge is 0.240 e. The van der Waals surface area contributed by atoms with Crippen molar-refractivity contribution >= 4 is 21.6 Å². The Morgan fingerprint density at radius 3 is 2.48 bits per heavy atom. The van der Waals surface area contributed by atoms with Gasteiger partial charge in [0.05, 0.1) is 17.0 Å². The Labute approximate surface area is 129 Å². The van der Waals surface area contributed by atoms with Gasteiger partial charge in [-0.3, -0.25) is 0 Å². The number of nitrogens with one attached hydrogen (secondary N) is 1. The summed E-state index contributed by atoms with van der Waals surface area (Å²) in [6, 6.07) is 14.1. The first-order chi connectivity index (χ1) is 10.0. The number of hydrogen-bond acceptors (Lipinski definition) is 3.